The van der Waals surface area contributed by atoms with Crippen LogP contribution in [0.1, 0.15) is 11.9 Å². The number of thiazole rings is 1. The number of carbonyl (C=O) groups is 1. The minimum atomic E-state index is -0.477. The molecule has 1 heterocycles. The van der Waals surface area contributed by atoms with Crippen molar-refractivity contribution in [1.29, 1.82) is 0 Å². The van der Waals surface area contributed by atoms with Gasteiger partial charge in [0, 0.05) is 0 Å². The summed E-state index contributed by atoms with van der Waals surface area (Å²) in [4.78, 5) is 15.7. The van der Waals surface area contributed by atoms with Crippen molar-refractivity contribution < 1.29 is 4.79 Å². The van der Waals surface area contributed by atoms with E-state index in [9.17, 15) is 4.79 Å². The maximum atomic E-state index is 11.3. The van der Waals surface area contributed by atoms with Gasteiger partial charge in [0.1, 0.15) is 5.01 Å². The summed E-state index contributed by atoms with van der Waals surface area (Å²) in [7, 11) is 0. The zero-order chi connectivity index (χ0) is 11.5. The van der Waals surface area contributed by atoms with E-state index in [0.29, 0.717) is 6.54 Å². The first-order chi connectivity index (χ1) is 7.66. The van der Waals surface area contributed by atoms with Gasteiger partial charge >= 0.3 is 0 Å². The smallest absolute Gasteiger partial charge is 0.236 e. The van der Waals surface area contributed by atoms with Crippen molar-refractivity contribution >= 4 is 39.9 Å². The van der Waals surface area contributed by atoms with Gasteiger partial charge in [0.2, 0.25) is 5.91 Å². The van der Waals surface area contributed by atoms with Gasteiger partial charge in [-0.1, -0.05) is 12.1 Å². The molecule has 4 nitrogen and oxygen atoms in total. The number of fused-ring (bicyclic) bond motifs is 1. The van der Waals surface area contributed by atoms with Crippen LogP contribution >= 0.6 is 23.7 Å². The third kappa shape index (κ3) is 3.39. The number of hydrogen-bond donors (Lipinski definition) is 2. The average molecular weight is 272 g/mol. The second-order valence-corrected chi connectivity index (χ2v) is 4.70. The van der Waals surface area contributed by atoms with Crippen molar-refractivity contribution in [2.24, 2.45) is 5.73 Å². The van der Waals surface area contributed by atoms with E-state index in [1.807, 2.05) is 24.3 Å². The molecule has 2 aromatic rings. The molecule has 1 atom stereocenters. The number of carbonyl (C=O) groups excluding carboxylic acids is 1. The van der Waals surface area contributed by atoms with Crippen molar-refractivity contribution in [2.75, 3.05) is 0 Å². The Labute approximate surface area is 110 Å². The lowest BCUT2D eigenvalue weighted by molar-refractivity contribution is -0.122. The molecule has 0 aliphatic carbocycles. The molecule has 0 bridgehead atoms. The fourth-order valence-corrected chi connectivity index (χ4v) is 2.23. The zero-order valence-electron chi connectivity index (χ0n) is 9.34. The molecule has 0 saturated carbocycles. The number of para-hydroxylation sites is 1. The Morgan fingerprint density at radius 2 is 2.24 bits per heavy atom. The number of nitrogens with zero attached hydrogens (tertiary/aromatic N) is 1. The van der Waals surface area contributed by atoms with Crippen LogP contribution in [0.2, 0.25) is 0 Å². The van der Waals surface area contributed by atoms with Crippen LogP contribution in [0.4, 0.5) is 0 Å². The second-order valence-electron chi connectivity index (χ2n) is 3.58. The van der Waals surface area contributed by atoms with E-state index in [1.54, 1.807) is 18.3 Å². The number of amides is 1. The average Bonchev–Trinajstić information content (AvgIpc) is 2.68. The van der Waals surface area contributed by atoms with Crippen LogP contribution in [0.25, 0.3) is 10.2 Å². The minimum absolute atomic E-state index is 0. The monoisotopic (exact) mass is 271 g/mol. The fraction of sp³-hybridized carbons (Fsp3) is 0.273. The molecule has 2 rings (SSSR count). The summed E-state index contributed by atoms with van der Waals surface area (Å²) in [6.45, 7) is 2.10. The standard InChI is InChI=1S/C11H13N3OS.ClH/c1-7(12)11(15)13-6-10-14-8-4-2-3-5-9(8)16-10;/h2-5,7H,6,12H2,1H3,(H,13,15);1H/t7-;/m0./s1. The molecule has 17 heavy (non-hydrogen) atoms. The van der Waals surface area contributed by atoms with Gasteiger partial charge in [-0.15, -0.1) is 23.7 Å². The van der Waals surface area contributed by atoms with Crippen LogP contribution in [-0.2, 0) is 11.3 Å². The lowest BCUT2D eigenvalue weighted by atomic mass is 10.3. The van der Waals surface area contributed by atoms with E-state index in [0.717, 1.165) is 15.2 Å². The third-order valence-electron chi connectivity index (χ3n) is 2.17. The summed E-state index contributed by atoms with van der Waals surface area (Å²) in [5.74, 6) is -0.153. The first kappa shape index (κ1) is 13.9. The number of halogens is 1. The minimum Gasteiger partial charge on any atom is -0.348 e. The highest BCUT2D eigenvalue weighted by atomic mass is 35.5. The second kappa shape index (κ2) is 5.95. The highest BCUT2D eigenvalue weighted by Crippen LogP contribution is 2.21. The van der Waals surface area contributed by atoms with Crippen LogP contribution in [0.15, 0.2) is 24.3 Å². The van der Waals surface area contributed by atoms with Gasteiger partial charge in [0.25, 0.3) is 0 Å². The first-order valence-electron chi connectivity index (χ1n) is 5.04. The third-order valence-corrected chi connectivity index (χ3v) is 3.20. The summed E-state index contributed by atoms with van der Waals surface area (Å²) in [5, 5.41) is 3.64. The molecule has 0 aliphatic rings. The SMILES string of the molecule is C[C@H](N)C(=O)NCc1nc2ccccc2s1.Cl. The van der Waals surface area contributed by atoms with Crippen LogP contribution in [0.3, 0.4) is 0 Å². The molecular weight excluding hydrogens is 258 g/mol. The summed E-state index contributed by atoms with van der Waals surface area (Å²) < 4.78 is 1.13. The van der Waals surface area contributed by atoms with E-state index in [1.165, 1.54) is 0 Å². The zero-order valence-corrected chi connectivity index (χ0v) is 11.0. The Balaban J connectivity index is 0.00000144. The number of aromatic nitrogens is 1. The van der Waals surface area contributed by atoms with Crippen LogP contribution < -0.4 is 11.1 Å². The van der Waals surface area contributed by atoms with Crippen LogP contribution in [0.5, 0.6) is 0 Å². The lowest BCUT2D eigenvalue weighted by Crippen LogP contribution is -2.37. The summed E-state index contributed by atoms with van der Waals surface area (Å²) >= 11 is 1.58. The number of hydrogen-bond acceptors (Lipinski definition) is 4. The molecule has 0 fully saturated rings. The van der Waals surface area contributed by atoms with Gasteiger partial charge in [0.15, 0.2) is 0 Å². The Hall–Kier alpha value is -1.17. The van der Waals surface area contributed by atoms with Gasteiger partial charge in [-0.05, 0) is 19.1 Å². The van der Waals surface area contributed by atoms with E-state index >= 15 is 0 Å². The Bertz CT molecular complexity index is 479. The quantitative estimate of drug-likeness (QED) is 0.893. The highest BCUT2D eigenvalue weighted by molar-refractivity contribution is 7.18. The largest absolute Gasteiger partial charge is 0.348 e. The molecule has 0 spiro atoms. The summed E-state index contributed by atoms with van der Waals surface area (Å²) in [6.07, 6.45) is 0. The van der Waals surface area contributed by atoms with Gasteiger partial charge in [-0.2, -0.15) is 0 Å². The molecule has 0 unspecified atom stereocenters. The van der Waals surface area contributed by atoms with Crippen molar-refractivity contribution in [3.05, 3.63) is 29.3 Å². The fourth-order valence-electron chi connectivity index (χ4n) is 1.32. The molecule has 3 N–H and O–H groups in total. The number of nitrogens with one attached hydrogen (secondary N) is 1. The molecule has 92 valence electrons. The number of nitrogens with two attached hydrogens (primary N) is 1. The molecule has 0 saturated heterocycles. The highest BCUT2D eigenvalue weighted by Gasteiger charge is 2.08. The molecule has 1 aromatic heterocycles. The maximum Gasteiger partial charge on any atom is 0.236 e. The van der Waals surface area contributed by atoms with Gasteiger partial charge < -0.3 is 11.1 Å². The summed E-state index contributed by atoms with van der Waals surface area (Å²) in [5.41, 5.74) is 6.42. The Morgan fingerprint density at radius 1 is 1.53 bits per heavy atom. The first-order valence-corrected chi connectivity index (χ1v) is 5.86. The van der Waals surface area contributed by atoms with E-state index in [4.69, 9.17) is 5.73 Å². The van der Waals surface area contributed by atoms with Crippen molar-refractivity contribution in [3.63, 3.8) is 0 Å². The molecule has 6 heteroatoms. The van der Waals surface area contributed by atoms with Crippen molar-refractivity contribution in [3.8, 4) is 0 Å². The number of benzene rings is 1. The lowest BCUT2D eigenvalue weighted by Gasteiger charge is -2.04. The number of rotatable bonds is 3. The predicted octanol–water partition coefficient (Wildman–Crippen LogP) is 1.68. The van der Waals surface area contributed by atoms with E-state index < -0.39 is 6.04 Å². The van der Waals surface area contributed by atoms with E-state index in [-0.39, 0.29) is 18.3 Å². The van der Waals surface area contributed by atoms with Crippen molar-refractivity contribution in [1.82, 2.24) is 10.3 Å². The molecule has 0 radical (unpaired) electrons. The van der Waals surface area contributed by atoms with Gasteiger partial charge in [-0.3, -0.25) is 4.79 Å². The van der Waals surface area contributed by atoms with E-state index in [2.05, 4.69) is 10.3 Å². The molecule has 1 amide bonds. The normalized spacial score (nSPS) is 11.9. The maximum absolute atomic E-state index is 11.3. The summed E-state index contributed by atoms with van der Waals surface area (Å²) in [6, 6.07) is 7.43. The molecule has 1 aromatic carbocycles. The van der Waals surface area contributed by atoms with Gasteiger partial charge in [0.05, 0.1) is 22.8 Å². The topological polar surface area (TPSA) is 68.0 Å². The van der Waals surface area contributed by atoms with Crippen LogP contribution in [0, 0.1) is 0 Å². The molecule has 0 aliphatic heterocycles. The Kier molecular flexibility index (Phi) is 4.86. The van der Waals surface area contributed by atoms with Crippen LogP contribution in [-0.4, -0.2) is 16.9 Å². The van der Waals surface area contributed by atoms with Gasteiger partial charge in [-0.25, -0.2) is 4.98 Å². The Morgan fingerprint density at radius 3 is 2.88 bits per heavy atom. The molecular formula is C11H14ClN3OS. The van der Waals surface area contributed by atoms with Crippen molar-refractivity contribution in [2.45, 2.75) is 19.5 Å². The predicted molar refractivity (Wildman–Crippen MR) is 72.4 cm³/mol.